The quantitative estimate of drug-likeness (QED) is 0.757. The number of aromatic nitrogens is 5. The van der Waals surface area contributed by atoms with Crippen LogP contribution in [0.25, 0.3) is 11.3 Å². The van der Waals surface area contributed by atoms with E-state index in [2.05, 4.69) is 24.8 Å². The summed E-state index contributed by atoms with van der Waals surface area (Å²) in [5.74, 6) is 0.720. The first-order chi connectivity index (χ1) is 12.2. The van der Waals surface area contributed by atoms with E-state index >= 15 is 0 Å². The molecule has 1 N–H and O–H groups in total. The van der Waals surface area contributed by atoms with Gasteiger partial charge in [-0.05, 0) is 25.1 Å². The molecule has 0 saturated carbocycles. The molecule has 0 spiro atoms. The second-order valence-corrected chi connectivity index (χ2v) is 6.49. The SMILES string of the molecule is Cc1nsc(NC2COCC2n2nc(-c3ccncc3)ccc2=O)n1. The fourth-order valence-corrected chi connectivity index (χ4v) is 3.41. The minimum absolute atomic E-state index is 0.0924. The summed E-state index contributed by atoms with van der Waals surface area (Å²) in [5, 5.41) is 8.57. The fraction of sp³-hybridized carbons (Fsp3) is 0.312. The van der Waals surface area contributed by atoms with E-state index in [0.717, 1.165) is 22.2 Å². The van der Waals surface area contributed by atoms with Crippen molar-refractivity contribution < 1.29 is 4.74 Å². The van der Waals surface area contributed by atoms with E-state index in [1.807, 2.05) is 19.1 Å². The lowest BCUT2D eigenvalue weighted by Crippen LogP contribution is -2.37. The van der Waals surface area contributed by atoms with Crippen LogP contribution in [-0.2, 0) is 4.74 Å². The van der Waals surface area contributed by atoms with Crippen LogP contribution in [0.15, 0.2) is 41.5 Å². The second-order valence-electron chi connectivity index (χ2n) is 5.74. The van der Waals surface area contributed by atoms with Crippen LogP contribution in [0.2, 0.25) is 0 Å². The van der Waals surface area contributed by atoms with Crippen molar-refractivity contribution in [3.8, 4) is 11.3 Å². The van der Waals surface area contributed by atoms with Crippen molar-refractivity contribution in [2.45, 2.75) is 19.0 Å². The van der Waals surface area contributed by atoms with Gasteiger partial charge in [0.15, 0.2) is 0 Å². The smallest absolute Gasteiger partial charge is 0.267 e. The topological polar surface area (TPSA) is 94.8 Å². The number of pyridine rings is 1. The first-order valence-electron chi connectivity index (χ1n) is 7.85. The van der Waals surface area contributed by atoms with Crippen LogP contribution in [0.4, 0.5) is 5.13 Å². The van der Waals surface area contributed by atoms with E-state index in [9.17, 15) is 4.79 Å². The van der Waals surface area contributed by atoms with Crippen LogP contribution < -0.4 is 10.9 Å². The molecule has 0 bridgehead atoms. The van der Waals surface area contributed by atoms with Crippen LogP contribution in [-0.4, -0.2) is 43.4 Å². The van der Waals surface area contributed by atoms with Gasteiger partial charge in [0.25, 0.3) is 5.56 Å². The summed E-state index contributed by atoms with van der Waals surface area (Å²) < 4.78 is 11.2. The zero-order valence-corrected chi connectivity index (χ0v) is 14.3. The van der Waals surface area contributed by atoms with E-state index in [1.165, 1.54) is 22.3 Å². The van der Waals surface area contributed by atoms with E-state index in [0.29, 0.717) is 13.2 Å². The van der Waals surface area contributed by atoms with Crippen LogP contribution in [0.5, 0.6) is 0 Å². The molecule has 0 radical (unpaired) electrons. The normalized spacial score (nSPS) is 19.9. The summed E-state index contributed by atoms with van der Waals surface area (Å²) in [6.45, 7) is 2.74. The van der Waals surface area contributed by atoms with Gasteiger partial charge in [0.2, 0.25) is 5.13 Å². The summed E-state index contributed by atoms with van der Waals surface area (Å²) in [6.07, 6.45) is 3.40. The van der Waals surface area contributed by atoms with Crippen LogP contribution in [0, 0.1) is 6.92 Å². The van der Waals surface area contributed by atoms with Gasteiger partial charge in [-0.15, -0.1) is 0 Å². The maximum atomic E-state index is 12.4. The molecular formula is C16H16N6O2S. The fourth-order valence-electron chi connectivity index (χ4n) is 2.78. The number of hydrogen-bond donors (Lipinski definition) is 1. The Morgan fingerprint density at radius 2 is 2.08 bits per heavy atom. The first kappa shape index (κ1) is 15.9. The molecule has 0 aliphatic carbocycles. The average molecular weight is 356 g/mol. The number of hydrogen-bond acceptors (Lipinski definition) is 8. The van der Waals surface area contributed by atoms with Crippen molar-refractivity contribution in [3.05, 3.63) is 52.8 Å². The Hall–Kier alpha value is -2.65. The van der Waals surface area contributed by atoms with Gasteiger partial charge in [-0.1, -0.05) is 0 Å². The van der Waals surface area contributed by atoms with Gasteiger partial charge in [0.1, 0.15) is 11.9 Å². The molecule has 4 heterocycles. The molecule has 1 aliphatic rings. The maximum Gasteiger partial charge on any atom is 0.267 e. The molecule has 2 unspecified atom stereocenters. The number of aryl methyl sites for hydroxylation is 1. The molecule has 1 aliphatic heterocycles. The molecular weight excluding hydrogens is 340 g/mol. The van der Waals surface area contributed by atoms with Gasteiger partial charge in [0, 0.05) is 35.6 Å². The van der Waals surface area contributed by atoms with E-state index in [4.69, 9.17) is 4.74 Å². The Labute approximate surface area is 147 Å². The number of rotatable bonds is 4. The van der Waals surface area contributed by atoms with Gasteiger partial charge in [-0.3, -0.25) is 9.78 Å². The van der Waals surface area contributed by atoms with Gasteiger partial charge >= 0.3 is 0 Å². The third kappa shape index (κ3) is 3.28. The summed E-state index contributed by atoms with van der Waals surface area (Å²) in [4.78, 5) is 20.7. The predicted octanol–water partition coefficient (Wildman–Crippen LogP) is 1.52. The Bertz CT molecular complexity index is 926. The van der Waals surface area contributed by atoms with Gasteiger partial charge in [0.05, 0.1) is 24.9 Å². The van der Waals surface area contributed by atoms with E-state index in [-0.39, 0.29) is 17.6 Å². The van der Waals surface area contributed by atoms with Crippen molar-refractivity contribution in [3.63, 3.8) is 0 Å². The van der Waals surface area contributed by atoms with Crippen LogP contribution in [0.1, 0.15) is 11.9 Å². The van der Waals surface area contributed by atoms with Crippen LogP contribution in [0.3, 0.4) is 0 Å². The highest BCUT2D eigenvalue weighted by atomic mass is 32.1. The summed E-state index contributed by atoms with van der Waals surface area (Å²) in [6, 6.07) is 6.68. The zero-order valence-electron chi connectivity index (χ0n) is 13.5. The Balaban J connectivity index is 1.64. The second kappa shape index (κ2) is 6.69. The van der Waals surface area contributed by atoms with Crippen molar-refractivity contribution in [2.75, 3.05) is 18.5 Å². The van der Waals surface area contributed by atoms with E-state index in [1.54, 1.807) is 18.5 Å². The lowest BCUT2D eigenvalue weighted by molar-refractivity contribution is 0.183. The first-order valence-corrected chi connectivity index (χ1v) is 8.63. The average Bonchev–Trinajstić information content (AvgIpc) is 3.25. The molecule has 3 aromatic heterocycles. The molecule has 4 rings (SSSR count). The molecule has 25 heavy (non-hydrogen) atoms. The number of nitrogens with zero attached hydrogens (tertiary/aromatic N) is 5. The summed E-state index contributed by atoms with van der Waals surface area (Å²) in [5.41, 5.74) is 1.47. The molecule has 1 fully saturated rings. The highest BCUT2D eigenvalue weighted by Gasteiger charge is 2.32. The van der Waals surface area contributed by atoms with E-state index < -0.39 is 0 Å². The van der Waals surface area contributed by atoms with Crippen molar-refractivity contribution in [1.82, 2.24) is 24.1 Å². The van der Waals surface area contributed by atoms with Gasteiger partial charge in [-0.2, -0.15) is 9.47 Å². The molecule has 3 aromatic rings. The van der Waals surface area contributed by atoms with Crippen LogP contribution >= 0.6 is 11.5 Å². The molecule has 9 heteroatoms. The Kier molecular flexibility index (Phi) is 4.24. The minimum atomic E-state index is -0.210. The minimum Gasteiger partial charge on any atom is -0.377 e. The largest absolute Gasteiger partial charge is 0.377 e. The lowest BCUT2D eigenvalue weighted by atomic mass is 10.1. The van der Waals surface area contributed by atoms with Crippen molar-refractivity contribution >= 4 is 16.7 Å². The Morgan fingerprint density at radius 3 is 2.84 bits per heavy atom. The van der Waals surface area contributed by atoms with Gasteiger partial charge in [-0.25, -0.2) is 9.67 Å². The molecule has 0 amide bonds. The standard InChI is InChI=1S/C16H16N6O2S/c1-10-18-16(25-21-10)19-13-8-24-9-14(13)22-15(23)3-2-12(20-22)11-4-6-17-7-5-11/h2-7,13-14H,8-9H2,1H3,(H,18,19,21). The summed E-state index contributed by atoms with van der Waals surface area (Å²) in [7, 11) is 0. The van der Waals surface area contributed by atoms with Gasteiger partial charge < -0.3 is 10.1 Å². The number of anilines is 1. The molecule has 2 atom stereocenters. The lowest BCUT2D eigenvalue weighted by Gasteiger charge is -2.20. The highest BCUT2D eigenvalue weighted by molar-refractivity contribution is 7.09. The molecule has 0 aromatic carbocycles. The monoisotopic (exact) mass is 356 g/mol. The maximum absolute atomic E-state index is 12.4. The number of nitrogens with one attached hydrogen (secondary N) is 1. The summed E-state index contributed by atoms with van der Waals surface area (Å²) >= 11 is 1.30. The number of ether oxygens (including phenoxy) is 1. The molecule has 8 nitrogen and oxygen atoms in total. The Morgan fingerprint density at radius 1 is 1.24 bits per heavy atom. The van der Waals surface area contributed by atoms with Crippen molar-refractivity contribution in [1.29, 1.82) is 0 Å². The zero-order chi connectivity index (χ0) is 17.2. The van der Waals surface area contributed by atoms with Crippen molar-refractivity contribution in [2.24, 2.45) is 0 Å². The third-order valence-corrected chi connectivity index (χ3v) is 4.74. The predicted molar refractivity (Wildman–Crippen MR) is 93.6 cm³/mol. The highest BCUT2D eigenvalue weighted by Crippen LogP contribution is 2.23. The molecule has 128 valence electrons. The molecule has 1 saturated heterocycles. The third-order valence-electron chi connectivity index (χ3n) is 4.00.